The molecule has 0 saturated heterocycles. The lowest BCUT2D eigenvalue weighted by Crippen LogP contribution is -2.55. The Hall–Kier alpha value is -5.08. The summed E-state index contributed by atoms with van der Waals surface area (Å²) in [6.45, 7) is 0. The van der Waals surface area contributed by atoms with Gasteiger partial charge in [-0.1, -0.05) is 76.5 Å². The normalized spacial score (nSPS) is 11.6. The van der Waals surface area contributed by atoms with Crippen LogP contribution in [0, 0.1) is 11.3 Å². The van der Waals surface area contributed by atoms with E-state index >= 15 is 0 Å². The van der Waals surface area contributed by atoms with E-state index in [0.717, 1.165) is 0 Å². The van der Waals surface area contributed by atoms with Gasteiger partial charge in [-0.05, 0) is 27.3 Å². The molecule has 0 aliphatic heterocycles. The number of nitriles is 1. The van der Waals surface area contributed by atoms with Crippen LogP contribution in [0.1, 0.15) is 5.56 Å². The van der Waals surface area contributed by atoms with E-state index in [0.29, 0.717) is 0 Å². The van der Waals surface area contributed by atoms with Crippen molar-refractivity contribution < 1.29 is 4.42 Å². The number of hydrogen-bond donors (Lipinski definition) is 0. The van der Waals surface area contributed by atoms with E-state index < -0.39 is 0 Å². The topological polar surface area (TPSA) is 75.6 Å². The van der Waals surface area contributed by atoms with Gasteiger partial charge in [0.2, 0.25) is 0 Å². The van der Waals surface area contributed by atoms with Gasteiger partial charge in [0.25, 0.3) is 0 Å². The fourth-order valence-electron chi connectivity index (χ4n) is 9.07. The molecule has 5 nitrogen and oxygen atoms in total. The summed E-state index contributed by atoms with van der Waals surface area (Å²) in [5.41, 5.74) is -5.46. The SMILES string of the molecule is [B]c1c([B])c([B])c(-c2nc(-c3c([B])c([B])c([B])c4c(-c5c([B])c([B])c([B])c6c([B])c([B])c([B])c(C#N)c56)c([B])c([B])c([B])c34)nc(-c3c([B])c([B])c([B])c4oc5c([B])c([B])c([B])c([B])c5c34)n2)c([B])c1[B]. The molecule has 0 saturated carbocycles. The first kappa shape index (κ1) is 50.8. The molecule has 0 aliphatic rings. The van der Waals surface area contributed by atoms with Gasteiger partial charge in [-0.3, -0.25) is 0 Å². The number of fused-ring (bicyclic) bond motifs is 5. The highest BCUT2D eigenvalue weighted by Crippen LogP contribution is 2.35. The van der Waals surface area contributed by atoms with E-state index in [1.54, 1.807) is 0 Å². The third-order valence-electron chi connectivity index (χ3n) is 13.0. The summed E-state index contributed by atoms with van der Waals surface area (Å²) >= 11 is 0. The van der Waals surface area contributed by atoms with Crippen molar-refractivity contribution in [3.05, 3.63) is 5.56 Å². The first-order valence-electron chi connectivity index (χ1n) is 20.4. The largest absolute Gasteiger partial charge is 0.457 e. The molecule has 0 bridgehead atoms. The summed E-state index contributed by atoms with van der Waals surface area (Å²) in [7, 11) is 158. The summed E-state index contributed by atoms with van der Waals surface area (Å²) in [4.78, 5) is 14.6. The monoisotopic (exact) mass is 840 g/mol. The highest BCUT2D eigenvalue weighted by atomic mass is 16.3. The molecule has 48 radical (unpaired) electrons. The molecule has 0 fully saturated rings. The minimum absolute atomic E-state index is 0.00522. The summed E-state index contributed by atoms with van der Waals surface area (Å²) in [6, 6.07) is 2.05. The highest BCUT2D eigenvalue weighted by molar-refractivity contribution is 6.74. The summed E-state index contributed by atoms with van der Waals surface area (Å²) < 4.78 is 6.21. The van der Waals surface area contributed by atoms with Crippen LogP contribution < -0.4 is 131 Å². The highest BCUT2D eigenvalue weighted by Gasteiger charge is 2.30. The molecular weight excluding hydrogens is 836 g/mol. The molecule has 0 unspecified atom stereocenters. The van der Waals surface area contributed by atoms with Crippen LogP contribution >= 0.6 is 0 Å². The maximum absolute atomic E-state index is 10.6. The van der Waals surface area contributed by atoms with Gasteiger partial charge < -0.3 is 4.42 Å². The van der Waals surface area contributed by atoms with Crippen molar-refractivity contribution in [1.29, 1.82) is 5.26 Å². The molecule has 2 aromatic heterocycles. The molecule has 2 heterocycles. The Labute approximate surface area is 441 Å². The summed E-state index contributed by atoms with van der Waals surface area (Å²) in [6.07, 6.45) is 0. The third kappa shape index (κ3) is 6.91. The van der Waals surface area contributed by atoms with Gasteiger partial charge in [0.05, 0.1) is 11.6 Å². The maximum Gasteiger partial charge on any atom is 0.164 e. The summed E-state index contributed by atoms with van der Waals surface area (Å²) in [5.74, 6) is -1.02. The van der Waals surface area contributed by atoms with E-state index in [1.165, 1.54) is 0 Å². The standard InChI is InChI=1S/C42B24N4O/c43-14-2(1-67)3-4(15(44)28(57)20(49)9(3)19(48)26(14)55)5-6-7(18(47)27(56)16(5)45)11(22(51)29(58)17(6)46)40-68-41(70-42(69-40)13-24(53)31(60)34(63)32(61)25(13)54)12-8-10-21(50)30(59)35(64)37(66)39(10)71-38(8)36(65)33(62)23(12)52. The Bertz CT molecular complexity index is 4040. The lowest BCUT2D eigenvalue weighted by molar-refractivity contribution is 0.675. The first-order chi connectivity index (χ1) is 33.2. The average Bonchev–Trinajstić information content (AvgIpc) is 3.74. The molecule has 0 spiro atoms. The molecule has 9 aromatic rings. The fourth-order valence-corrected chi connectivity index (χ4v) is 9.07. The molecule has 9 rings (SSSR count). The molecular formula is C42B24N4O. The maximum atomic E-state index is 10.6. The van der Waals surface area contributed by atoms with Crippen LogP contribution in [0.2, 0.25) is 0 Å². The molecule has 29 heteroatoms. The molecule has 71 heavy (non-hydrogen) atoms. The van der Waals surface area contributed by atoms with Gasteiger partial charge in [-0.15, -0.1) is 54.6 Å². The third-order valence-corrected chi connectivity index (χ3v) is 13.0. The van der Waals surface area contributed by atoms with Gasteiger partial charge >= 0.3 is 0 Å². The van der Waals surface area contributed by atoms with Crippen LogP contribution in [-0.4, -0.2) is 203 Å². The number of benzene rings is 7. The van der Waals surface area contributed by atoms with Crippen LogP contribution in [0.25, 0.3) is 88.8 Å². The Morgan fingerprint density at radius 2 is 0.507 bits per heavy atom. The second-order valence-corrected chi connectivity index (χ2v) is 16.6. The van der Waals surface area contributed by atoms with Gasteiger partial charge in [0.1, 0.15) is 199 Å². The number of aromatic nitrogens is 3. The fraction of sp³-hybridized carbons (Fsp3) is 0. The number of hydrogen-bond acceptors (Lipinski definition) is 5. The molecule has 266 valence electrons. The van der Waals surface area contributed by atoms with E-state index in [2.05, 4.69) is 0 Å². The van der Waals surface area contributed by atoms with E-state index in [9.17, 15) is 5.26 Å². The van der Waals surface area contributed by atoms with Crippen LogP contribution in [0.5, 0.6) is 0 Å². The average molecular weight is 836 g/mol. The Morgan fingerprint density at radius 3 is 0.972 bits per heavy atom. The minimum atomic E-state index is -0.366. The van der Waals surface area contributed by atoms with Crippen LogP contribution in [0.3, 0.4) is 0 Å². The molecule has 0 aliphatic carbocycles. The van der Waals surface area contributed by atoms with Crippen LogP contribution in [0.15, 0.2) is 4.42 Å². The number of rotatable bonds is 4. The van der Waals surface area contributed by atoms with Crippen molar-refractivity contribution in [1.82, 2.24) is 15.0 Å². The Kier molecular flexibility index (Phi) is 12.6. The van der Waals surface area contributed by atoms with Crippen molar-refractivity contribution in [2.75, 3.05) is 0 Å². The van der Waals surface area contributed by atoms with E-state index in [1.807, 2.05) is 6.07 Å². The zero-order valence-corrected chi connectivity index (χ0v) is 37.1. The lowest BCUT2D eigenvalue weighted by Gasteiger charge is -2.30. The van der Waals surface area contributed by atoms with Gasteiger partial charge in [0, 0.05) is 32.8 Å². The summed E-state index contributed by atoms with van der Waals surface area (Å²) in [5, 5.41) is 10.5. The molecule has 7 aromatic carbocycles. The van der Waals surface area contributed by atoms with Gasteiger partial charge in [-0.2, -0.15) is 5.26 Å². The molecule has 0 amide bonds. The van der Waals surface area contributed by atoms with Crippen molar-refractivity contribution in [3.63, 3.8) is 0 Å². The number of furan rings is 1. The Balaban J connectivity index is 1.55. The zero-order valence-electron chi connectivity index (χ0n) is 37.1. The predicted molar refractivity (Wildman–Crippen MR) is 318 cm³/mol. The van der Waals surface area contributed by atoms with Gasteiger partial charge in [0.15, 0.2) is 17.5 Å². The van der Waals surface area contributed by atoms with Gasteiger partial charge in [-0.25, -0.2) is 15.0 Å². The smallest absolute Gasteiger partial charge is 0.164 e. The molecule has 0 N–H and O–H groups in total. The second-order valence-electron chi connectivity index (χ2n) is 16.6. The van der Waals surface area contributed by atoms with Crippen molar-refractivity contribution >= 4 is 363 Å². The quantitative estimate of drug-likeness (QED) is 0.165. The van der Waals surface area contributed by atoms with Crippen molar-refractivity contribution in [2.45, 2.75) is 0 Å². The van der Waals surface area contributed by atoms with Crippen molar-refractivity contribution in [3.8, 4) is 51.4 Å². The van der Waals surface area contributed by atoms with E-state index in [-0.39, 0.29) is 225 Å². The Morgan fingerprint density at radius 1 is 0.239 bits per heavy atom. The predicted octanol–water partition coefficient (Wildman–Crippen LogP) is -18.3. The van der Waals surface area contributed by atoms with Crippen LogP contribution in [0.4, 0.5) is 0 Å². The van der Waals surface area contributed by atoms with Crippen LogP contribution in [-0.2, 0) is 0 Å². The number of nitrogens with zero attached hydrogens (tertiary/aromatic N) is 4. The molecule has 0 atom stereocenters. The second kappa shape index (κ2) is 17.6. The van der Waals surface area contributed by atoms with E-state index in [4.69, 9.17) is 208 Å². The lowest BCUT2D eigenvalue weighted by atomic mass is 9.57. The minimum Gasteiger partial charge on any atom is -0.457 e. The zero-order chi connectivity index (χ0) is 52.2. The van der Waals surface area contributed by atoms with Crippen molar-refractivity contribution in [2.24, 2.45) is 0 Å². The first-order valence-corrected chi connectivity index (χ1v) is 20.4.